The van der Waals surface area contributed by atoms with Gasteiger partial charge in [0.05, 0.1) is 37.0 Å². The van der Waals surface area contributed by atoms with E-state index in [4.69, 9.17) is 9.47 Å². The van der Waals surface area contributed by atoms with Crippen LogP contribution >= 0.6 is 0 Å². The lowest BCUT2D eigenvalue weighted by Gasteiger charge is -2.29. The highest BCUT2D eigenvalue weighted by Crippen LogP contribution is 2.37. The van der Waals surface area contributed by atoms with Crippen molar-refractivity contribution in [3.63, 3.8) is 0 Å². The molecular formula is C16H17N3O6. The SMILES string of the molecule is COC(=O)C1=C(C)NC(c2cccnc2[N+](=O)[O-])C(C(=O)OC)=C1C. The van der Waals surface area contributed by atoms with E-state index in [2.05, 4.69) is 10.3 Å². The minimum atomic E-state index is -0.880. The molecule has 132 valence electrons. The topological polar surface area (TPSA) is 121 Å². The van der Waals surface area contributed by atoms with E-state index in [0.29, 0.717) is 11.3 Å². The Morgan fingerprint density at radius 1 is 1.24 bits per heavy atom. The van der Waals surface area contributed by atoms with Gasteiger partial charge in [-0.15, -0.1) is 0 Å². The van der Waals surface area contributed by atoms with E-state index in [1.54, 1.807) is 13.8 Å². The lowest BCUT2D eigenvalue weighted by Crippen LogP contribution is -2.34. The summed E-state index contributed by atoms with van der Waals surface area (Å²) >= 11 is 0. The molecule has 1 aromatic heterocycles. The van der Waals surface area contributed by atoms with Gasteiger partial charge in [0.15, 0.2) is 0 Å². The normalized spacial score (nSPS) is 17.0. The summed E-state index contributed by atoms with van der Waals surface area (Å²) in [5.74, 6) is -1.71. The number of methoxy groups -OCH3 is 2. The summed E-state index contributed by atoms with van der Waals surface area (Å²) in [4.78, 5) is 38.8. The smallest absolute Gasteiger partial charge is 0.369 e. The third-order valence-electron chi connectivity index (χ3n) is 3.90. The molecule has 1 aliphatic rings. The van der Waals surface area contributed by atoms with Gasteiger partial charge in [-0.1, -0.05) is 0 Å². The van der Waals surface area contributed by atoms with E-state index < -0.39 is 22.9 Å². The molecule has 1 aromatic rings. The second-order valence-corrected chi connectivity index (χ2v) is 5.27. The van der Waals surface area contributed by atoms with Crippen LogP contribution in [0.25, 0.3) is 0 Å². The van der Waals surface area contributed by atoms with E-state index in [-0.39, 0.29) is 22.5 Å². The fourth-order valence-corrected chi connectivity index (χ4v) is 2.80. The number of hydrogen-bond acceptors (Lipinski definition) is 8. The van der Waals surface area contributed by atoms with Gasteiger partial charge >= 0.3 is 17.8 Å². The van der Waals surface area contributed by atoms with E-state index in [0.717, 1.165) is 0 Å². The van der Waals surface area contributed by atoms with Crippen LogP contribution in [-0.2, 0) is 19.1 Å². The van der Waals surface area contributed by atoms with Gasteiger partial charge in [-0.05, 0) is 41.5 Å². The number of aromatic nitrogens is 1. The first kappa shape index (κ1) is 18.1. The van der Waals surface area contributed by atoms with Gasteiger partial charge in [0.1, 0.15) is 6.20 Å². The molecule has 9 heteroatoms. The maximum Gasteiger partial charge on any atom is 0.369 e. The number of hydrogen-bond donors (Lipinski definition) is 1. The lowest BCUT2D eigenvalue weighted by molar-refractivity contribution is -0.390. The van der Waals surface area contributed by atoms with Crippen molar-refractivity contribution in [3.8, 4) is 0 Å². The van der Waals surface area contributed by atoms with Gasteiger partial charge in [-0.2, -0.15) is 0 Å². The van der Waals surface area contributed by atoms with E-state index in [1.165, 1.54) is 32.5 Å². The summed E-state index contributed by atoms with van der Waals surface area (Å²) in [6.07, 6.45) is 1.29. The highest BCUT2D eigenvalue weighted by Gasteiger charge is 2.37. The standard InChI is InChI=1S/C16H17N3O6/c1-8-11(15(20)24-3)9(2)18-13(12(8)16(21)25-4)10-6-5-7-17-14(10)19(22)23/h5-7,13,18H,1-4H3. The molecule has 9 nitrogen and oxygen atoms in total. The molecule has 0 saturated carbocycles. The minimum absolute atomic E-state index is 0.0876. The number of nitro groups is 1. The van der Waals surface area contributed by atoms with Gasteiger partial charge in [-0.25, -0.2) is 9.59 Å². The first-order valence-electron chi connectivity index (χ1n) is 7.27. The average molecular weight is 347 g/mol. The number of rotatable bonds is 4. The third kappa shape index (κ3) is 3.21. The van der Waals surface area contributed by atoms with E-state index in [1.807, 2.05) is 0 Å². The number of dihydropyridines is 1. The molecule has 1 atom stereocenters. The van der Waals surface area contributed by atoms with Crippen molar-refractivity contribution in [3.05, 3.63) is 56.4 Å². The van der Waals surface area contributed by atoms with Crippen LogP contribution in [0.3, 0.4) is 0 Å². The summed E-state index contributed by atoms with van der Waals surface area (Å²) in [6, 6.07) is 2.15. The maximum atomic E-state index is 12.3. The van der Waals surface area contributed by atoms with Crippen LogP contribution in [-0.4, -0.2) is 36.1 Å². The van der Waals surface area contributed by atoms with Gasteiger partial charge in [0.25, 0.3) is 0 Å². The van der Waals surface area contributed by atoms with Crippen LogP contribution in [0.15, 0.2) is 40.7 Å². The minimum Gasteiger partial charge on any atom is -0.466 e. The fraction of sp³-hybridized carbons (Fsp3) is 0.312. The number of carbonyl (C=O) groups is 2. The van der Waals surface area contributed by atoms with Crippen LogP contribution in [0.5, 0.6) is 0 Å². The molecule has 0 spiro atoms. The Balaban J connectivity index is 2.70. The summed E-state index contributed by atoms with van der Waals surface area (Å²) in [7, 11) is 2.42. The zero-order chi connectivity index (χ0) is 18.7. The van der Waals surface area contributed by atoms with Gasteiger partial charge in [0.2, 0.25) is 0 Å². The zero-order valence-electron chi connectivity index (χ0n) is 14.2. The Kier molecular flexibility index (Phi) is 5.16. The molecule has 0 saturated heterocycles. The second kappa shape index (κ2) is 7.12. The molecule has 2 heterocycles. The van der Waals surface area contributed by atoms with E-state index in [9.17, 15) is 19.7 Å². The van der Waals surface area contributed by atoms with Crippen molar-refractivity contribution >= 4 is 17.8 Å². The summed E-state index contributed by atoms with van der Waals surface area (Å²) in [5, 5.41) is 14.3. The quantitative estimate of drug-likeness (QED) is 0.495. The highest BCUT2D eigenvalue weighted by molar-refractivity contribution is 6.00. The van der Waals surface area contributed by atoms with Crippen LogP contribution in [0.1, 0.15) is 25.5 Å². The van der Waals surface area contributed by atoms with E-state index >= 15 is 0 Å². The molecule has 1 aliphatic heterocycles. The van der Waals surface area contributed by atoms with Crippen molar-refractivity contribution in [2.45, 2.75) is 19.9 Å². The van der Waals surface area contributed by atoms with Crippen molar-refractivity contribution in [2.75, 3.05) is 14.2 Å². The maximum absolute atomic E-state index is 12.3. The Morgan fingerprint density at radius 2 is 1.88 bits per heavy atom. The first-order valence-corrected chi connectivity index (χ1v) is 7.27. The monoisotopic (exact) mass is 347 g/mol. The second-order valence-electron chi connectivity index (χ2n) is 5.27. The number of nitrogens with one attached hydrogen (secondary N) is 1. The number of allylic oxidation sites excluding steroid dienone is 1. The Hall–Kier alpha value is -3.23. The van der Waals surface area contributed by atoms with Crippen LogP contribution in [0, 0.1) is 10.1 Å². The number of carbonyl (C=O) groups excluding carboxylic acids is 2. The Morgan fingerprint density at radius 3 is 2.44 bits per heavy atom. The lowest BCUT2D eigenvalue weighted by atomic mass is 9.87. The van der Waals surface area contributed by atoms with Crippen molar-refractivity contribution in [1.82, 2.24) is 10.3 Å². The van der Waals surface area contributed by atoms with Gasteiger partial charge in [-0.3, -0.25) is 0 Å². The van der Waals surface area contributed by atoms with Crippen LogP contribution in [0.4, 0.5) is 5.82 Å². The zero-order valence-corrected chi connectivity index (χ0v) is 14.2. The summed E-state index contributed by atoms with van der Waals surface area (Å²) in [6.45, 7) is 3.19. The third-order valence-corrected chi connectivity index (χ3v) is 3.90. The summed E-state index contributed by atoms with van der Waals surface area (Å²) < 4.78 is 9.56. The fourth-order valence-electron chi connectivity index (χ4n) is 2.80. The Labute approximate surface area is 143 Å². The molecule has 1 N–H and O–H groups in total. The summed E-state index contributed by atoms with van der Waals surface area (Å²) in [5.41, 5.74) is 1.23. The average Bonchev–Trinajstić information content (AvgIpc) is 2.60. The molecule has 0 bridgehead atoms. The van der Waals surface area contributed by atoms with Crippen molar-refractivity contribution < 1.29 is 24.0 Å². The molecule has 0 fully saturated rings. The van der Waals surface area contributed by atoms with Crippen LogP contribution in [0.2, 0.25) is 0 Å². The number of nitrogens with zero attached hydrogens (tertiary/aromatic N) is 2. The molecular weight excluding hydrogens is 330 g/mol. The largest absolute Gasteiger partial charge is 0.466 e. The molecule has 0 aromatic carbocycles. The molecule has 0 radical (unpaired) electrons. The van der Waals surface area contributed by atoms with Crippen LogP contribution < -0.4 is 5.32 Å². The van der Waals surface area contributed by atoms with Crippen molar-refractivity contribution in [2.24, 2.45) is 0 Å². The molecule has 25 heavy (non-hydrogen) atoms. The van der Waals surface area contributed by atoms with Gasteiger partial charge in [0, 0.05) is 5.70 Å². The molecule has 0 amide bonds. The first-order chi connectivity index (χ1) is 11.8. The number of ether oxygens (including phenoxy) is 2. The predicted molar refractivity (Wildman–Crippen MR) is 86.2 cm³/mol. The van der Waals surface area contributed by atoms with Gasteiger partial charge < -0.3 is 24.9 Å². The molecule has 1 unspecified atom stereocenters. The molecule has 2 rings (SSSR count). The number of pyridine rings is 1. The highest BCUT2D eigenvalue weighted by atomic mass is 16.6. The predicted octanol–water partition coefficient (Wildman–Crippen LogP) is 1.57. The molecule has 0 aliphatic carbocycles. The number of esters is 2. The van der Waals surface area contributed by atoms with Crippen molar-refractivity contribution in [1.29, 1.82) is 0 Å². The Bertz CT molecular complexity index is 812.